The van der Waals surface area contributed by atoms with E-state index in [1.165, 1.54) is 24.3 Å². The first-order valence-corrected chi connectivity index (χ1v) is 6.75. The molecule has 0 saturated heterocycles. The van der Waals surface area contributed by atoms with Crippen LogP contribution in [-0.2, 0) is 4.79 Å². The molecule has 0 bridgehead atoms. The molecule has 22 heavy (non-hydrogen) atoms. The molecule has 116 valence electrons. The first-order chi connectivity index (χ1) is 10.5. The van der Waals surface area contributed by atoms with Crippen LogP contribution in [0, 0.1) is 0 Å². The van der Waals surface area contributed by atoms with Gasteiger partial charge in [-0.1, -0.05) is 17.7 Å². The van der Waals surface area contributed by atoms with Crippen LogP contribution >= 0.6 is 11.6 Å². The third-order valence-electron chi connectivity index (χ3n) is 2.64. The quantitative estimate of drug-likeness (QED) is 0.844. The molecule has 0 unspecified atom stereocenters. The van der Waals surface area contributed by atoms with Crippen LogP contribution in [0.25, 0.3) is 0 Å². The molecule has 2 aromatic carbocycles. The summed E-state index contributed by atoms with van der Waals surface area (Å²) in [7, 11) is 0. The normalized spacial score (nSPS) is 10.4. The Morgan fingerprint density at radius 2 is 1.86 bits per heavy atom. The lowest BCUT2D eigenvalue weighted by molar-refractivity contribution is -0.114. The molecule has 2 aromatic rings. The zero-order chi connectivity index (χ0) is 15.9. The van der Waals surface area contributed by atoms with Gasteiger partial charge in [-0.2, -0.15) is 8.78 Å². The number of carbonyl (C=O) groups excluding carboxylic acids is 1. The van der Waals surface area contributed by atoms with E-state index < -0.39 is 6.61 Å². The van der Waals surface area contributed by atoms with E-state index in [2.05, 4.69) is 15.4 Å². The van der Waals surface area contributed by atoms with Gasteiger partial charge in [-0.05, 0) is 42.5 Å². The van der Waals surface area contributed by atoms with Crippen molar-refractivity contribution in [2.75, 3.05) is 17.2 Å². The van der Waals surface area contributed by atoms with Gasteiger partial charge >= 0.3 is 6.61 Å². The predicted molar refractivity (Wildman–Crippen MR) is 81.6 cm³/mol. The van der Waals surface area contributed by atoms with Crippen LogP contribution in [-0.4, -0.2) is 19.1 Å². The maximum Gasteiger partial charge on any atom is 0.387 e. The van der Waals surface area contributed by atoms with Gasteiger partial charge in [0.2, 0.25) is 5.91 Å². The lowest BCUT2D eigenvalue weighted by atomic mass is 10.3. The summed E-state index contributed by atoms with van der Waals surface area (Å²) >= 11 is 5.83. The molecule has 0 heterocycles. The lowest BCUT2D eigenvalue weighted by Crippen LogP contribution is -2.21. The molecular weight excluding hydrogens is 314 g/mol. The minimum Gasteiger partial charge on any atom is -0.435 e. The number of hydrogen-bond acceptors (Lipinski definition) is 3. The van der Waals surface area contributed by atoms with Crippen LogP contribution in [0.4, 0.5) is 20.2 Å². The number of nitrogens with one attached hydrogen (secondary N) is 2. The van der Waals surface area contributed by atoms with Crippen molar-refractivity contribution in [3.05, 3.63) is 53.6 Å². The van der Waals surface area contributed by atoms with Crippen LogP contribution in [0.15, 0.2) is 48.5 Å². The summed E-state index contributed by atoms with van der Waals surface area (Å²) in [4.78, 5) is 11.8. The summed E-state index contributed by atoms with van der Waals surface area (Å²) in [5.74, 6) is -0.243. The van der Waals surface area contributed by atoms with Gasteiger partial charge in [-0.15, -0.1) is 0 Å². The molecule has 4 nitrogen and oxygen atoms in total. The van der Waals surface area contributed by atoms with E-state index in [4.69, 9.17) is 11.6 Å². The first kappa shape index (κ1) is 16.0. The van der Waals surface area contributed by atoms with Crippen molar-refractivity contribution in [2.24, 2.45) is 0 Å². The second-order valence-electron chi connectivity index (χ2n) is 4.31. The Morgan fingerprint density at radius 3 is 2.50 bits per heavy atom. The van der Waals surface area contributed by atoms with Gasteiger partial charge in [-0.25, -0.2) is 0 Å². The fourth-order valence-electron chi connectivity index (χ4n) is 1.71. The molecule has 0 fully saturated rings. The number of alkyl halides is 2. The lowest BCUT2D eigenvalue weighted by Gasteiger charge is -2.09. The second-order valence-corrected chi connectivity index (χ2v) is 4.75. The van der Waals surface area contributed by atoms with E-state index in [9.17, 15) is 13.6 Å². The molecule has 1 amide bonds. The SMILES string of the molecule is O=C(CNc1cccc(Cl)c1)Nc1ccc(OC(F)F)cc1. The number of ether oxygens (including phenoxy) is 1. The highest BCUT2D eigenvalue weighted by atomic mass is 35.5. The third-order valence-corrected chi connectivity index (χ3v) is 2.88. The Hall–Kier alpha value is -2.34. The number of rotatable bonds is 6. The van der Waals surface area contributed by atoms with Crippen molar-refractivity contribution in [1.82, 2.24) is 0 Å². The predicted octanol–water partition coefficient (Wildman–Crippen LogP) is 3.99. The number of anilines is 2. The smallest absolute Gasteiger partial charge is 0.387 e. The zero-order valence-electron chi connectivity index (χ0n) is 11.4. The number of carbonyl (C=O) groups is 1. The highest BCUT2D eigenvalue weighted by Crippen LogP contribution is 2.18. The Kier molecular flexibility index (Phi) is 5.55. The van der Waals surface area contributed by atoms with Crippen molar-refractivity contribution in [1.29, 1.82) is 0 Å². The Bertz CT molecular complexity index is 636. The van der Waals surface area contributed by atoms with Gasteiger partial charge in [0.15, 0.2) is 0 Å². The third kappa shape index (κ3) is 5.21. The van der Waals surface area contributed by atoms with Gasteiger partial charge in [-0.3, -0.25) is 4.79 Å². The van der Waals surface area contributed by atoms with Gasteiger partial charge in [0.1, 0.15) is 5.75 Å². The van der Waals surface area contributed by atoms with Crippen LogP contribution in [0.1, 0.15) is 0 Å². The van der Waals surface area contributed by atoms with Crippen LogP contribution < -0.4 is 15.4 Å². The van der Waals surface area contributed by atoms with Gasteiger partial charge < -0.3 is 15.4 Å². The number of amides is 1. The topological polar surface area (TPSA) is 50.4 Å². The fourth-order valence-corrected chi connectivity index (χ4v) is 1.90. The molecule has 0 aliphatic heterocycles. The summed E-state index contributed by atoms with van der Waals surface area (Å²) in [5, 5.41) is 6.12. The minimum atomic E-state index is -2.87. The standard InChI is InChI=1S/C15H13ClF2N2O2/c16-10-2-1-3-12(8-10)19-9-14(21)20-11-4-6-13(7-5-11)22-15(17)18/h1-8,15,19H,9H2,(H,20,21). The molecule has 0 saturated carbocycles. The number of benzene rings is 2. The summed E-state index contributed by atoms with van der Waals surface area (Å²) in [6.45, 7) is -2.82. The summed E-state index contributed by atoms with van der Waals surface area (Å²) in [6, 6.07) is 12.7. The van der Waals surface area contributed by atoms with Crippen molar-refractivity contribution in [3.8, 4) is 5.75 Å². The molecule has 0 aliphatic rings. The first-order valence-electron chi connectivity index (χ1n) is 6.37. The van der Waals surface area contributed by atoms with Crippen molar-refractivity contribution >= 4 is 28.9 Å². The van der Waals surface area contributed by atoms with Crippen molar-refractivity contribution in [3.63, 3.8) is 0 Å². The van der Waals surface area contributed by atoms with E-state index in [0.29, 0.717) is 10.7 Å². The maximum absolute atomic E-state index is 12.0. The Morgan fingerprint density at radius 1 is 1.14 bits per heavy atom. The molecule has 2 N–H and O–H groups in total. The molecule has 0 spiro atoms. The van der Waals surface area contributed by atoms with Crippen LogP contribution in [0.3, 0.4) is 0 Å². The Labute approximate surface area is 131 Å². The molecule has 7 heteroatoms. The minimum absolute atomic E-state index is 0.0325. The Balaban J connectivity index is 1.84. The maximum atomic E-state index is 12.0. The summed E-state index contributed by atoms with van der Waals surface area (Å²) in [5.41, 5.74) is 1.21. The van der Waals surface area contributed by atoms with E-state index in [-0.39, 0.29) is 18.2 Å². The van der Waals surface area contributed by atoms with E-state index in [1.807, 2.05) is 0 Å². The van der Waals surface area contributed by atoms with E-state index in [0.717, 1.165) is 5.69 Å². The second kappa shape index (κ2) is 7.61. The molecule has 0 aliphatic carbocycles. The van der Waals surface area contributed by atoms with E-state index in [1.54, 1.807) is 24.3 Å². The monoisotopic (exact) mass is 326 g/mol. The molecule has 0 radical (unpaired) electrons. The average molecular weight is 327 g/mol. The van der Waals surface area contributed by atoms with Crippen molar-refractivity contribution in [2.45, 2.75) is 6.61 Å². The summed E-state index contributed by atoms with van der Waals surface area (Å²) in [6.07, 6.45) is 0. The van der Waals surface area contributed by atoms with Crippen LogP contribution in [0.2, 0.25) is 5.02 Å². The van der Waals surface area contributed by atoms with E-state index >= 15 is 0 Å². The number of halogens is 3. The largest absolute Gasteiger partial charge is 0.435 e. The molecule has 0 aromatic heterocycles. The highest BCUT2D eigenvalue weighted by molar-refractivity contribution is 6.30. The average Bonchev–Trinajstić information content (AvgIpc) is 2.47. The van der Waals surface area contributed by atoms with Gasteiger partial charge in [0.05, 0.1) is 6.54 Å². The van der Waals surface area contributed by atoms with Crippen LogP contribution in [0.5, 0.6) is 5.75 Å². The van der Waals surface area contributed by atoms with Gasteiger partial charge in [0, 0.05) is 16.4 Å². The van der Waals surface area contributed by atoms with Crippen molar-refractivity contribution < 1.29 is 18.3 Å². The molecular formula is C15H13ClF2N2O2. The number of hydrogen-bond donors (Lipinski definition) is 2. The molecule has 0 atom stereocenters. The zero-order valence-corrected chi connectivity index (χ0v) is 12.1. The van der Waals surface area contributed by atoms with Gasteiger partial charge in [0.25, 0.3) is 0 Å². The fraction of sp³-hybridized carbons (Fsp3) is 0.133. The highest BCUT2D eigenvalue weighted by Gasteiger charge is 2.05. The summed E-state index contributed by atoms with van der Waals surface area (Å²) < 4.78 is 28.2. The molecule has 2 rings (SSSR count).